The minimum absolute atomic E-state index is 0.276. The molecule has 21 heavy (non-hydrogen) atoms. The molecule has 0 amide bonds. The minimum atomic E-state index is -0.313. The maximum atomic E-state index is 13.2. The number of nitrogens with two attached hydrogens (primary N) is 1. The van der Waals surface area contributed by atoms with Crippen LogP contribution in [0.3, 0.4) is 0 Å². The van der Waals surface area contributed by atoms with Gasteiger partial charge in [-0.15, -0.1) is 0 Å². The van der Waals surface area contributed by atoms with E-state index >= 15 is 0 Å². The van der Waals surface area contributed by atoms with Crippen LogP contribution in [0.2, 0.25) is 10.0 Å². The highest BCUT2D eigenvalue weighted by Crippen LogP contribution is 2.33. The van der Waals surface area contributed by atoms with Crippen LogP contribution in [-0.2, 0) is 13.0 Å². The second-order valence-corrected chi connectivity index (χ2v) is 6.15. The summed E-state index contributed by atoms with van der Waals surface area (Å²) < 4.78 is 19.4. The second-order valence-electron chi connectivity index (χ2n) is 4.45. The van der Waals surface area contributed by atoms with E-state index in [0.717, 1.165) is 11.1 Å². The van der Waals surface area contributed by atoms with Crippen molar-refractivity contribution in [1.82, 2.24) is 0 Å². The molecule has 0 aromatic heterocycles. The quantitative estimate of drug-likeness (QED) is 0.779. The number of rotatable bonds is 5. The van der Waals surface area contributed by atoms with E-state index in [1.54, 1.807) is 24.3 Å². The third-order valence-corrected chi connectivity index (χ3v) is 3.97. The van der Waals surface area contributed by atoms with Gasteiger partial charge in [-0.05, 0) is 64.3 Å². The SMILES string of the molecule is NCCc1cc(Cl)cc(Cl)c1OCc1ccc(F)c(Br)c1. The molecule has 0 atom stereocenters. The van der Waals surface area contributed by atoms with E-state index in [2.05, 4.69) is 15.9 Å². The van der Waals surface area contributed by atoms with Gasteiger partial charge in [0.1, 0.15) is 18.2 Å². The van der Waals surface area contributed by atoms with Crippen LogP contribution in [0, 0.1) is 5.82 Å². The first-order valence-electron chi connectivity index (χ1n) is 6.26. The van der Waals surface area contributed by atoms with Crippen LogP contribution in [0.4, 0.5) is 4.39 Å². The number of halogens is 4. The van der Waals surface area contributed by atoms with E-state index in [1.807, 2.05) is 0 Å². The van der Waals surface area contributed by atoms with E-state index in [4.69, 9.17) is 33.7 Å². The fourth-order valence-electron chi connectivity index (χ4n) is 1.90. The number of ether oxygens (including phenoxy) is 1. The zero-order valence-electron chi connectivity index (χ0n) is 11.0. The van der Waals surface area contributed by atoms with Crippen molar-refractivity contribution < 1.29 is 9.13 Å². The van der Waals surface area contributed by atoms with E-state index in [0.29, 0.717) is 33.2 Å². The molecule has 2 rings (SSSR count). The lowest BCUT2D eigenvalue weighted by molar-refractivity contribution is 0.303. The van der Waals surface area contributed by atoms with Crippen molar-refractivity contribution in [2.75, 3.05) is 6.54 Å². The Hall–Kier alpha value is -0.810. The van der Waals surface area contributed by atoms with Crippen molar-refractivity contribution in [1.29, 1.82) is 0 Å². The predicted molar refractivity (Wildman–Crippen MR) is 87.7 cm³/mol. The lowest BCUT2D eigenvalue weighted by Crippen LogP contribution is -2.06. The molecule has 2 aromatic rings. The van der Waals surface area contributed by atoms with E-state index in [9.17, 15) is 4.39 Å². The molecule has 0 saturated carbocycles. The van der Waals surface area contributed by atoms with Gasteiger partial charge in [0, 0.05) is 5.02 Å². The molecule has 0 heterocycles. The van der Waals surface area contributed by atoms with Gasteiger partial charge in [-0.1, -0.05) is 29.3 Å². The zero-order valence-corrected chi connectivity index (χ0v) is 14.1. The zero-order chi connectivity index (χ0) is 15.4. The van der Waals surface area contributed by atoms with Gasteiger partial charge in [0.2, 0.25) is 0 Å². The molecule has 0 saturated heterocycles. The summed E-state index contributed by atoms with van der Waals surface area (Å²) in [5.74, 6) is 0.249. The molecule has 0 aliphatic rings. The average Bonchev–Trinajstić information content (AvgIpc) is 2.42. The van der Waals surface area contributed by atoms with Gasteiger partial charge in [-0.3, -0.25) is 0 Å². The van der Waals surface area contributed by atoms with Gasteiger partial charge in [-0.25, -0.2) is 4.39 Å². The van der Waals surface area contributed by atoms with E-state index in [-0.39, 0.29) is 12.4 Å². The molecule has 2 nitrogen and oxygen atoms in total. The van der Waals surface area contributed by atoms with Gasteiger partial charge in [0.05, 0.1) is 9.50 Å². The Kier molecular flexibility index (Phi) is 5.88. The first-order chi connectivity index (χ1) is 10.0. The highest BCUT2D eigenvalue weighted by atomic mass is 79.9. The fraction of sp³-hybridized carbons (Fsp3) is 0.200. The topological polar surface area (TPSA) is 35.2 Å². The molecular weight excluding hydrogens is 380 g/mol. The Morgan fingerprint density at radius 1 is 1.19 bits per heavy atom. The van der Waals surface area contributed by atoms with Crippen LogP contribution in [0.5, 0.6) is 5.75 Å². The molecule has 6 heteroatoms. The van der Waals surface area contributed by atoms with Crippen molar-refractivity contribution in [2.45, 2.75) is 13.0 Å². The van der Waals surface area contributed by atoms with Crippen LogP contribution in [0.1, 0.15) is 11.1 Å². The summed E-state index contributed by atoms with van der Waals surface area (Å²) >= 11 is 15.3. The Bertz CT molecular complexity index is 652. The maximum absolute atomic E-state index is 13.2. The summed E-state index contributed by atoms with van der Waals surface area (Å²) in [4.78, 5) is 0. The highest BCUT2D eigenvalue weighted by Gasteiger charge is 2.11. The van der Waals surface area contributed by atoms with Crippen LogP contribution < -0.4 is 10.5 Å². The number of hydrogen-bond donors (Lipinski definition) is 1. The van der Waals surface area contributed by atoms with Gasteiger partial charge >= 0.3 is 0 Å². The van der Waals surface area contributed by atoms with Gasteiger partial charge in [-0.2, -0.15) is 0 Å². The summed E-state index contributed by atoms with van der Waals surface area (Å²) in [6, 6.07) is 8.12. The molecule has 0 aliphatic heterocycles. The first-order valence-corrected chi connectivity index (χ1v) is 7.81. The monoisotopic (exact) mass is 391 g/mol. The van der Waals surface area contributed by atoms with Crippen molar-refractivity contribution >= 4 is 39.1 Å². The van der Waals surface area contributed by atoms with Crippen molar-refractivity contribution in [3.63, 3.8) is 0 Å². The molecule has 0 spiro atoms. The van der Waals surface area contributed by atoms with E-state index in [1.165, 1.54) is 6.07 Å². The molecule has 2 N–H and O–H groups in total. The molecule has 0 fully saturated rings. The predicted octanol–water partition coefficient (Wildman–Crippen LogP) is 4.98. The number of benzene rings is 2. The second kappa shape index (κ2) is 7.45. The fourth-order valence-corrected chi connectivity index (χ4v) is 2.92. The largest absolute Gasteiger partial charge is 0.487 e. The standard InChI is InChI=1S/C15H13BrCl2FNO/c16-12-5-9(1-2-14(12)19)8-21-15-10(3-4-20)6-11(17)7-13(15)18/h1-2,5-7H,3-4,8,20H2. The Morgan fingerprint density at radius 3 is 2.62 bits per heavy atom. The highest BCUT2D eigenvalue weighted by molar-refractivity contribution is 9.10. The summed E-state index contributed by atoms with van der Waals surface area (Å²) in [6.45, 7) is 0.743. The van der Waals surface area contributed by atoms with Gasteiger partial charge in [0.25, 0.3) is 0 Å². The Balaban J connectivity index is 2.20. The maximum Gasteiger partial charge on any atom is 0.141 e. The average molecular weight is 393 g/mol. The lowest BCUT2D eigenvalue weighted by atomic mass is 10.1. The van der Waals surface area contributed by atoms with Crippen molar-refractivity contribution in [3.05, 3.63) is 61.8 Å². The van der Waals surface area contributed by atoms with Crippen LogP contribution in [0.25, 0.3) is 0 Å². The molecule has 0 bridgehead atoms. The summed E-state index contributed by atoms with van der Waals surface area (Å²) in [5, 5.41) is 0.979. The lowest BCUT2D eigenvalue weighted by Gasteiger charge is -2.14. The third kappa shape index (κ3) is 4.33. The van der Waals surface area contributed by atoms with Crippen molar-refractivity contribution in [3.8, 4) is 5.75 Å². The molecule has 0 unspecified atom stereocenters. The van der Waals surface area contributed by atoms with Gasteiger partial charge < -0.3 is 10.5 Å². The third-order valence-electron chi connectivity index (χ3n) is 2.87. The summed E-state index contributed by atoms with van der Waals surface area (Å²) in [7, 11) is 0. The summed E-state index contributed by atoms with van der Waals surface area (Å²) in [5.41, 5.74) is 7.27. The van der Waals surface area contributed by atoms with Crippen LogP contribution in [0.15, 0.2) is 34.8 Å². The Labute approximate surface area is 141 Å². The smallest absolute Gasteiger partial charge is 0.141 e. The Morgan fingerprint density at radius 2 is 1.95 bits per heavy atom. The minimum Gasteiger partial charge on any atom is -0.487 e. The molecule has 0 radical (unpaired) electrons. The first kappa shape index (κ1) is 16.6. The van der Waals surface area contributed by atoms with Crippen molar-refractivity contribution in [2.24, 2.45) is 5.73 Å². The van der Waals surface area contributed by atoms with E-state index < -0.39 is 0 Å². The molecule has 112 valence electrons. The molecule has 0 aliphatic carbocycles. The summed E-state index contributed by atoms with van der Waals surface area (Å²) in [6.07, 6.45) is 0.614. The number of hydrogen-bond acceptors (Lipinski definition) is 2. The van der Waals surface area contributed by atoms with Gasteiger partial charge in [0.15, 0.2) is 0 Å². The molecule has 2 aromatic carbocycles. The molecular formula is C15H13BrCl2FNO. The van der Waals surface area contributed by atoms with Crippen LogP contribution in [-0.4, -0.2) is 6.54 Å². The normalized spacial score (nSPS) is 10.7. The van der Waals surface area contributed by atoms with Crippen LogP contribution >= 0.6 is 39.1 Å².